The molecule has 0 fully saturated rings. The summed E-state index contributed by atoms with van der Waals surface area (Å²) in [7, 11) is 0. The van der Waals surface area contributed by atoms with Gasteiger partial charge in [0.1, 0.15) is 34.9 Å². The lowest BCUT2D eigenvalue weighted by molar-refractivity contribution is -0.123. The summed E-state index contributed by atoms with van der Waals surface area (Å²) >= 11 is 0. The Balaban J connectivity index is 1.86. The molecule has 0 aromatic carbocycles. The summed E-state index contributed by atoms with van der Waals surface area (Å²) in [6.07, 6.45) is 0.734. The second-order valence-electron chi connectivity index (χ2n) is 8.68. The largest absolute Gasteiger partial charge is 0.351 e. The highest BCUT2D eigenvalue weighted by Crippen LogP contribution is 2.06. The molecule has 10 N–H and O–H groups in total. The summed E-state index contributed by atoms with van der Waals surface area (Å²) in [6.45, 7) is 0.263. The molecule has 40 heavy (non-hydrogen) atoms. The van der Waals surface area contributed by atoms with Crippen LogP contribution in [0, 0.1) is 0 Å². The summed E-state index contributed by atoms with van der Waals surface area (Å²) in [6, 6.07) is 6.34. The number of nitrogens with zero attached hydrogens (tertiary/aromatic N) is 2. The number of fused-ring (bicyclic) bond motifs is 4. The summed E-state index contributed by atoms with van der Waals surface area (Å²) < 4.78 is 0. The van der Waals surface area contributed by atoms with Crippen LogP contribution in [0.1, 0.15) is 67.6 Å². The Morgan fingerprint density at radius 1 is 0.650 bits per heavy atom. The van der Waals surface area contributed by atoms with E-state index in [1.807, 2.05) is 10.9 Å². The average Bonchev–Trinajstić information content (AvgIpc) is 2.98. The minimum atomic E-state index is -1.07. The molecule has 0 saturated carbocycles. The molecule has 2 aromatic rings. The van der Waals surface area contributed by atoms with Crippen LogP contribution in [0.15, 0.2) is 36.4 Å². The van der Waals surface area contributed by atoms with Crippen LogP contribution in [0.25, 0.3) is 0 Å². The molecule has 0 saturated heterocycles. The lowest BCUT2D eigenvalue weighted by atomic mass is 10.1. The highest BCUT2D eigenvalue weighted by atomic mass is 16.2. The van der Waals surface area contributed by atoms with Crippen molar-refractivity contribution in [2.45, 2.75) is 37.8 Å². The third kappa shape index (κ3) is 8.02. The number of hydrogen-bond donors (Lipinski definition) is 8. The van der Waals surface area contributed by atoms with E-state index in [4.69, 9.17) is 11.7 Å². The number of rotatable bonds is 2. The van der Waals surface area contributed by atoms with E-state index >= 15 is 0 Å². The van der Waals surface area contributed by atoms with E-state index in [1.165, 1.54) is 36.4 Å². The van der Waals surface area contributed by atoms with Crippen molar-refractivity contribution in [2.24, 2.45) is 11.7 Å². The zero-order chi connectivity index (χ0) is 29.1. The van der Waals surface area contributed by atoms with Gasteiger partial charge in [-0.3, -0.25) is 39.6 Å². The van der Waals surface area contributed by atoms with Crippen LogP contribution in [-0.4, -0.2) is 70.6 Å². The summed E-state index contributed by atoms with van der Waals surface area (Å²) in [5.74, 6) is 6.59. The maximum atomic E-state index is 12.8. The number of pyridine rings is 2. The summed E-state index contributed by atoms with van der Waals surface area (Å²) in [5, 5.41) is 10.3. The van der Waals surface area contributed by atoms with Gasteiger partial charge < -0.3 is 21.3 Å². The smallest absolute Gasteiger partial charge is 0.270 e. The lowest BCUT2D eigenvalue weighted by Gasteiger charge is -2.18. The second-order valence-corrected chi connectivity index (χ2v) is 8.68. The molecule has 1 aliphatic heterocycles. The van der Waals surface area contributed by atoms with Crippen LogP contribution in [-0.2, 0) is 9.59 Å². The Bertz CT molecular complexity index is 1200. The Labute approximate surface area is 228 Å². The van der Waals surface area contributed by atoms with Crippen LogP contribution >= 0.6 is 0 Å². The van der Waals surface area contributed by atoms with E-state index < -0.39 is 47.5 Å². The molecule has 0 radical (unpaired) electrons. The molecule has 1 aliphatic rings. The Morgan fingerprint density at radius 3 is 1.35 bits per heavy atom. The van der Waals surface area contributed by atoms with Crippen molar-refractivity contribution in [3.63, 3.8) is 0 Å². The molecule has 0 spiro atoms. The van der Waals surface area contributed by atoms with Crippen molar-refractivity contribution < 1.29 is 28.8 Å². The maximum Gasteiger partial charge on any atom is 0.270 e. The molecule has 0 unspecified atom stereocenters. The molecule has 16 nitrogen and oxygen atoms in total. The van der Waals surface area contributed by atoms with Gasteiger partial charge in [0.25, 0.3) is 35.4 Å². The number of carbonyl (C=O) groups is 6. The van der Waals surface area contributed by atoms with Crippen molar-refractivity contribution in [1.82, 2.24) is 42.1 Å². The fourth-order valence-corrected chi connectivity index (χ4v) is 3.78. The highest BCUT2D eigenvalue weighted by molar-refractivity contribution is 5.99. The molecular formula is C24H30N10O6. The van der Waals surface area contributed by atoms with Crippen molar-refractivity contribution in [3.05, 3.63) is 59.2 Å². The molecule has 16 heteroatoms. The van der Waals surface area contributed by atoms with Gasteiger partial charge in [-0.05, 0) is 49.9 Å². The molecule has 3 rings (SSSR count). The summed E-state index contributed by atoms with van der Waals surface area (Å²) in [4.78, 5) is 83.4. The number of hydrazine groups is 2. The van der Waals surface area contributed by atoms with Gasteiger partial charge in [-0.1, -0.05) is 12.1 Å². The minimum Gasteiger partial charge on any atom is -0.351 e. The third-order valence-corrected chi connectivity index (χ3v) is 5.87. The quantitative estimate of drug-likeness (QED) is 0.109. The van der Waals surface area contributed by atoms with Crippen LogP contribution in [0.5, 0.6) is 0 Å². The molecular weight excluding hydrogens is 524 g/mol. The van der Waals surface area contributed by atoms with Gasteiger partial charge in [-0.25, -0.2) is 21.7 Å². The van der Waals surface area contributed by atoms with Crippen LogP contribution < -0.4 is 43.8 Å². The number of aromatic nitrogens is 2. The van der Waals surface area contributed by atoms with E-state index in [0.717, 1.165) is 0 Å². The number of amides is 6. The third-order valence-electron chi connectivity index (χ3n) is 5.87. The van der Waals surface area contributed by atoms with Crippen LogP contribution in [0.3, 0.4) is 0 Å². The van der Waals surface area contributed by atoms with Gasteiger partial charge >= 0.3 is 0 Å². The van der Waals surface area contributed by atoms with E-state index in [2.05, 4.69) is 31.2 Å². The standard InChI is InChI=1S/C24H30N10O6/c25-33-23(39)17-9-3-11-27-19(35)13-5-1-6-14(29-13)20(36)28-12-4-10-18(24(40)34-26)32-22(38)16-8-2-7-15(30-16)21(37)31-17/h1-2,5-8,17-18H,3-4,9-12,25-26H2,(H,27,35)(H,28,36)(H,31,37)(H,32,38)(H,33,39)(H,34,40)/t17-,18-/m0/s1. The van der Waals surface area contributed by atoms with Crippen LogP contribution in [0.4, 0.5) is 0 Å². The number of carbonyl (C=O) groups excluding carboxylic acids is 6. The fourth-order valence-electron chi connectivity index (χ4n) is 3.78. The Morgan fingerprint density at radius 2 is 1.00 bits per heavy atom. The monoisotopic (exact) mass is 554 g/mol. The molecule has 212 valence electrons. The molecule has 2 atom stereocenters. The first-order valence-corrected chi connectivity index (χ1v) is 12.4. The number of hydrogen-bond acceptors (Lipinski definition) is 10. The molecule has 2 aromatic heterocycles. The molecule has 3 heterocycles. The van der Waals surface area contributed by atoms with E-state index in [-0.39, 0.29) is 61.5 Å². The molecule has 4 bridgehead atoms. The normalized spacial score (nSPS) is 19.4. The Hall–Kier alpha value is -4.96. The SMILES string of the molecule is NNC(=O)[C@@H]1CCCNC(=O)c2cccc(n2)C(=O)NCCC[C@@H](C(=O)NN)NC(=O)c2cccc(n2)C(=O)N1. The number of nitrogens with one attached hydrogen (secondary N) is 6. The van der Waals surface area contributed by atoms with Gasteiger partial charge in [0, 0.05) is 13.1 Å². The van der Waals surface area contributed by atoms with Gasteiger partial charge in [0.05, 0.1) is 0 Å². The van der Waals surface area contributed by atoms with Crippen molar-refractivity contribution >= 4 is 35.4 Å². The summed E-state index contributed by atoms with van der Waals surface area (Å²) in [5.41, 5.74) is 3.65. The van der Waals surface area contributed by atoms with Gasteiger partial charge in [-0.15, -0.1) is 0 Å². The molecule has 0 aliphatic carbocycles. The van der Waals surface area contributed by atoms with E-state index in [0.29, 0.717) is 0 Å². The Kier molecular flexibility index (Phi) is 10.6. The van der Waals surface area contributed by atoms with Crippen molar-refractivity contribution in [2.75, 3.05) is 13.1 Å². The topological polar surface area (TPSA) is 252 Å². The minimum absolute atomic E-state index is 0.00713. The number of nitrogens with two attached hydrogens (primary N) is 2. The zero-order valence-corrected chi connectivity index (χ0v) is 21.4. The van der Waals surface area contributed by atoms with Gasteiger partial charge in [0.2, 0.25) is 0 Å². The zero-order valence-electron chi connectivity index (χ0n) is 21.4. The van der Waals surface area contributed by atoms with Crippen molar-refractivity contribution in [1.29, 1.82) is 0 Å². The lowest BCUT2D eigenvalue weighted by Crippen LogP contribution is -2.50. The predicted octanol–water partition coefficient (Wildman–Crippen LogP) is -2.61. The predicted molar refractivity (Wildman–Crippen MR) is 139 cm³/mol. The van der Waals surface area contributed by atoms with E-state index in [1.54, 1.807) is 0 Å². The van der Waals surface area contributed by atoms with Gasteiger partial charge in [0.15, 0.2) is 0 Å². The fraction of sp³-hybridized carbons (Fsp3) is 0.333. The van der Waals surface area contributed by atoms with Gasteiger partial charge in [-0.2, -0.15) is 0 Å². The highest BCUT2D eigenvalue weighted by Gasteiger charge is 2.24. The first kappa shape index (κ1) is 29.6. The average molecular weight is 555 g/mol. The first-order chi connectivity index (χ1) is 19.2. The molecule has 6 amide bonds. The van der Waals surface area contributed by atoms with E-state index in [9.17, 15) is 28.8 Å². The maximum absolute atomic E-state index is 12.8. The van der Waals surface area contributed by atoms with Crippen molar-refractivity contribution in [3.8, 4) is 0 Å². The second kappa shape index (κ2) is 14.3. The first-order valence-electron chi connectivity index (χ1n) is 12.4. The van der Waals surface area contributed by atoms with Crippen LogP contribution in [0.2, 0.25) is 0 Å².